The summed E-state index contributed by atoms with van der Waals surface area (Å²) in [4.78, 5) is 16.3. The molecule has 6 heteroatoms. The Hall–Kier alpha value is -1.33. The minimum atomic E-state index is -0.521. The van der Waals surface area contributed by atoms with E-state index in [9.17, 15) is 4.79 Å². The topological polar surface area (TPSA) is 77.2 Å². The molecule has 0 fully saturated rings. The van der Waals surface area contributed by atoms with Gasteiger partial charge in [-0.1, -0.05) is 17.7 Å². The minimum Gasteiger partial charge on any atom is -0.444 e. The maximum Gasteiger partial charge on any atom is 0.407 e. The van der Waals surface area contributed by atoms with E-state index in [1.165, 1.54) is 12.0 Å². The Balaban J connectivity index is 2.07. The third kappa shape index (κ3) is 5.08. The van der Waals surface area contributed by atoms with Gasteiger partial charge < -0.3 is 15.8 Å². The van der Waals surface area contributed by atoms with Gasteiger partial charge in [-0.3, -0.25) is 0 Å². The van der Waals surface area contributed by atoms with Crippen LogP contribution in [0.1, 0.15) is 56.4 Å². The second-order valence-corrected chi connectivity index (χ2v) is 7.35. The molecule has 3 N–H and O–H groups in total. The molecule has 0 bridgehead atoms. The van der Waals surface area contributed by atoms with Crippen LogP contribution in [-0.2, 0) is 17.6 Å². The number of rotatable bonds is 4. The Morgan fingerprint density at radius 1 is 1.43 bits per heavy atom. The number of alkyl carbamates (subject to hydrolysis) is 1. The quantitative estimate of drug-likeness (QED) is 0.826. The number of nitrogens with one attached hydrogen (secondary N) is 1. The summed E-state index contributed by atoms with van der Waals surface area (Å²) in [6, 6.07) is 2.11. The molecule has 1 aromatic rings. The van der Waals surface area contributed by atoms with E-state index in [0.717, 1.165) is 30.5 Å². The van der Waals surface area contributed by atoms with Gasteiger partial charge in [-0.2, -0.15) is 0 Å². The van der Waals surface area contributed by atoms with Crippen molar-refractivity contribution in [3.63, 3.8) is 0 Å². The Labute approximate surface area is 142 Å². The number of hydrogen-bond acceptors (Lipinski definition) is 4. The summed E-state index contributed by atoms with van der Waals surface area (Å²) in [7, 11) is 0. The molecule has 5 nitrogen and oxygen atoms in total. The fourth-order valence-electron chi connectivity index (χ4n) is 2.75. The third-order valence-electron chi connectivity index (χ3n) is 3.90. The van der Waals surface area contributed by atoms with Gasteiger partial charge in [0.1, 0.15) is 10.8 Å². The second-order valence-electron chi connectivity index (χ2n) is 7.00. The van der Waals surface area contributed by atoms with E-state index in [-0.39, 0.29) is 5.92 Å². The standard InChI is InChI=1S/C17H26ClN3O2/c1-17(2,3)23-16(22)20-10-12(9-19)13-8-11-6-4-5-7-14(11)21-15(13)18/h8,12H,4-7,9-10,19H2,1-3H3,(H,20,22). The highest BCUT2D eigenvalue weighted by molar-refractivity contribution is 6.30. The highest BCUT2D eigenvalue weighted by Crippen LogP contribution is 2.28. The van der Waals surface area contributed by atoms with E-state index < -0.39 is 11.7 Å². The summed E-state index contributed by atoms with van der Waals surface area (Å²) in [5, 5.41) is 3.26. The van der Waals surface area contributed by atoms with Crippen LogP contribution in [0.5, 0.6) is 0 Å². The van der Waals surface area contributed by atoms with Crippen molar-refractivity contribution in [3.8, 4) is 0 Å². The number of amides is 1. The number of aromatic nitrogens is 1. The highest BCUT2D eigenvalue weighted by Gasteiger charge is 2.21. The molecule has 128 valence electrons. The molecule has 2 rings (SSSR count). The zero-order valence-corrected chi connectivity index (χ0v) is 14.9. The maximum atomic E-state index is 11.8. The van der Waals surface area contributed by atoms with E-state index in [1.807, 2.05) is 20.8 Å². The number of nitrogens with two attached hydrogens (primary N) is 1. The van der Waals surface area contributed by atoms with Gasteiger partial charge in [-0.25, -0.2) is 9.78 Å². The number of pyridine rings is 1. The summed E-state index contributed by atoms with van der Waals surface area (Å²) in [5.41, 5.74) is 8.63. The highest BCUT2D eigenvalue weighted by atomic mass is 35.5. The molecule has 1 atom stereocenters. The molecule has 1 aromatic heterocycles. The number of ether oxygens (including phenoxy) is 1. The number of hydrogen-bond donors (Lipinski definition) is 2. The first-order chi connectivity index (χ1) is 10.8. The minimum absolute atomic E-state index is 0.0743. The molecule has 1 unspecified atom stereocenters. The normalized spacial score (nSPS) is 15.7. The van der Waals surface area contributed by atoms with Crippen molar-refractivity contribution in [2.24, 2.45) is 5.73 Å². The molecule has 0 spiro atoms. The van der Waals surface area contributed by atoms with Crippen molar-refractivity contribution in [2.45, 2.75) is 58.0 Å². The van der Waals surface area contributed by atoms with Gasteiger partial charge in [0.05, 0.1) is 0 Å². The molecular formula is C17H26ClN3O2. The van der Waals surface area contributed by atoms with E-state index in [0.29, 0.717) is 18.2 Å². The van der Waals surface area contributed by atoms with Crippen LogP contribution in [0, 0.1) is 0 Å². The fraction of sp³-hybridized carbons (Fsp3) is 0.647. The van der Waals surface area contributed by atoms with Crippen molar-refractivity contribution in [1.29, 1.82) is 0 Å². The zero-order chi connectivity index (χ0) is 17.0. The van der Waals surface area contributed by atoms with Gasteiger partial charge in [0.15, 0.2) is 0 Å². The van der Waals surface area contributed by atoms with Gasteiger partial charge >= 0.3 is 6.09 Å². The first-order valence-corrected chi connectivity index (χ1v) is 8.53. The molecule has 23 heavy (non-hydrogen) atoms. The smallest absolute Gasteiger partial charge is 0.407 e. The maximum absolute atomic E-state index is 11.8. The fourth-order valence-corrected chi connectivity index (χ4v) is 3.06. The molecule has 0 radical (unpaired) electrons. The second kappa shape index (κ2) is 7.49. The van der Waals surface area contributed by atoms with Gasteiger partial charge in [-0.15, -0.1) is 0 Å². The molecule has 1 aliphatic rings. The number of fused-ring (bicyclic) bond motifs is 1. The van der Waals surface area contributed by atoms with Crippen LogP contribution in [0.25, 0.3) is 0 Å². The Morgan fingerprint density at radius 3 is 2.78 bits per heavy atom. The van der Waals surface area contributed by atoms with Crippen LogP contribution in [0.2, 0.25) is 5.15 Å². The lowest BCUT2D eigenvalue weighted by atomic mass is 9.92. The zero-order valence-electron chi connectivity index (χ0n) is 14.1. The first kappa shape index (κ1) is 18.0. The van der Waals surface area contributed by atoms with Crippen LogP contribution in [0.4, 0.5) is 4.79 Å². The Morgan fingerprint density at radius 2 is 2.13 bits per heavy atom. The van der Waals surface area contributed by atoms with Crippen LogP contribution in [0.3, 0.4) is 0 Å². The van der Waals surface area contributed by atoms with Crippen molar-refractivity contribution < 1.29 is 9.53 Å². The predicted molar refractivity (Wildman–Crippen MR) is 91.9 cm³/mol. The van der Waals surface area contributed by atoms with E-state index >= 15 is 0 Å². The molecule has 0 aromatic carbocycles. The summed E-state index contributed by atoms with van der Waals surface area (Å²) < 4.78 is 5.25. The molecule has 0 saturated carbocycles. The first-order valence-electron chi connectivity index (χ1n) is 8.15. The summed E-state index contributed by atoms with van der Waals surface area (Å²) >= 11 is 6.35. The summed E-state index contributed by atoms with van der Waals surface area (Å²) in [6.45, 7) is 6.26. The lowest BCUT2D eigenvalue weighted by molar-refractivity contribution is 0.0525. The lowest BCUT2D eigenvalue weighted by Crippen LogP contribution is -2.36. The third-order valence-corrected chi connectivity index (χ3v) is 4.20. The molecule has 0 saturated heterocycles. The van der Waals surface area contributed by atoms with E-state index in [2.05, 4.69) is 16.4 Å². The van der Waals surface area contributed by atoms with Crippen LogP contribution in [-0.4, -0.2) is 29.8 Å². The Bertz CT molecular complexity index is 570. The lowest BCUT2D eigenvalue weighted by Gasteiger charge is -2.23. The molecular weight excluding hydrogens is 314 g/mol. The number of halogens is 1. The number of aryl methyl sites for hydroxylation is 2. The molecule has 1 heterocycles. The van der Waals surface area contributed by atoms with Crippen molar-refractivity contribution in [1.82, 2.24) is 10.3 Å². The van der Waals surface area contributed by atoms with Crippen molar-refractivity contribution in [3.05, 3.63) is 28.0 Å². The number of nitrogens with zero attached hydrogens (tertiary/aromatic N) is 1. The largest absolute Gasteiger partial charge is 0.444 e. The van der Waals surface area contributed by atoms with Crippen LogP contribution < -0.4 is 11.1 Å². The van der Waals surface area contributed by atoms with E-state index in [1.54, 1.807) is 0 Å². The number of carbonyl (C=O) groups is 1. The average Bonchev–Trinajstić information content (AvgIpc) is 2.46. The molecule has 1 amide bonds. The van der Waals surface area contributed by atoms with E-state index in [4.69, 9.17) is 22.1 Å². The predicted octanol–water partition coefficient (Wildman–Crippen LogP) is 3.18. The average molecular weight is 340 g/mol. The molecule has 1 aliphatic carbocycles. The monoisotopic (exact) mass is 339 g/mol. The summed E-state index contributed by atoms with van der Waals surface area (Å²) in [5.74, 6) is -0.0743. The van der Waals surface area contributed by atoms with Crippen molar-refractivity contribution in [2.75, 3.05) is 13.1 Å². The van der Waals surface area contributed by atoms with Crippen LogP contribution >= 0.6 is 11.6 Å². The van der Waals surface area contributed by atoms with Gasteiger partial charge in [0.2, 0.25) is 0 Å². The number of carbonyl (C=O) groups excluding carboxylic acids is 1. The van der Waals surface area contributed by atoms with Gasteiger partial charge in [0, 0.05) is 24.7 Å². The Kier molecular flexibility index (Phi) is 5.87. The summed E-state index contributed by atoms with van der Waals surface area (Å²) in [6.07, 6.45) is 3.91. The van der Waals surface area contributed by atoms with Crippen LogP contribution in [0.15, 0.2) is 6.07 Å². The van der Waals surface area contributed by atoms with Gasteiger partial charge in [0.25, 0.3) is 0 Å². The van der Waals surface area contributed by atoms with Gasteiger partial charge in [-0.05, 0) is 57.6 Å². The SMILES string of the molecule is CC(C)(C)OC(=O)NCC(CN)c1cc2c(nc1Cl)CCCC2. The molecule has 0 aliphatic heterocycles. The van der Waals surface area contributed by atoms with Crippen molar-refractivity contribution >= 4 is 17.7 Å².